The SMILES string of the molecule is COc1cccc2cc(C(=O)N3CC(n4cc(Cn5nccn5)nn4)C3)oc12. The Labute approximate surface area is 159 Å². The Kier molecular flexibility index (Phi) is 3.81. The van der Waals surface area contributed by atoms with Crippen LogP contribution in [-0.2, 0) is 6.54 Å². The smallest absolute Gasteiger partial charge is 0.289 e. The van der Waals surface area contributed by atoms with Crippen LogP contribution < -0.4 is 4.74 Å². The minimum atomic E-state index is -0.143. The molecular weight excluding hydrogens is 362 g/mol. The minimum absolute atomic E-state index is 0.0923. The third-order valence-electron chi connectivity index (χ3n) is 4.79. The highest BCUT2D eigenvalue weighted by molar-refractivity contribution is 5.97. The largest absolute Gasteiger partial charge is 0.493 e. The molecule has 10 nitrogen and oxygen atoms in total. The van der Waals surface area contributed by atoms with Gasteiger partial charge in [0.25, 0.3) is 5.91 Å². The average molecular weight is 379 g/mol. The number of likely N-dealkylation sites (tertiary alicyclic amines) is 1. The molecular formula is C18H17N7O3. The summed E-state index contributed by atoms with van der Waals surface area (Å²) in [5.74, 6) is 0.775. The number of benzene rings is 1. The van der Waals surface area contributed by atoms with Gasteiger partial charge in [0.15, 0.2) is 17.1 Å². The zero-order chi connectivity index (χ0) is 19.1. The van der Waals surface area contributed by atoms with Crippen LogP contribution in [0.25, 0.3) is 11.0 Å². The van der Waals surface area contributed by atoms with Crippen LogP contribution >= 0.6 is 0 Å². The lowest BCUT2D eigenvalue weighted by atomic mass is 10.1. The molecule has 0 aliphatic carbocycles. The molecule has 1 fully saturated rings. The Morgan fingerprint density at radius 2 is 2.11 bits per heavy atom. The number of para-hydroxylation sites is 1. The van der Waals surface area contributed by atoms with Gasteiger partial charge < -0.3 is 14.1 Å². The number of carbonyl (C=O) groups excluding carboxylic acids is 1. The molecule has 0 radical (unpaired) electrons. The second-order valence-corrected chi connectivity index (χ2v) is 6.60. The van der Waals surface area contributed by atoms with Gasteiger partial charge >= 0.3 is 0 Å². The molecule has 4 heterocycles. The summed E-state index contributed by atoms with van der Waals surface area (Å²) < 4.78 is 12.8. The first-order valence-electron chi connectivity index (χ1n) is 8.82. The summed E-state index contributed by atoms with van der Waals surface area (Å²) in [6.45, 7) is 1.56. The van der Waals surface area contributed by atoms with Crippen molar-refractivity contribution in [1.82, 2.24) is 34.9 Å². The maximum atomic E-state index is 12.7. The molecule has 0 spiro atoms. The maximum absolute atomic E-state index is 12.7. The monoisotopic (exact) mass is 379 g/mol. The molecule has 1 amide bonds. The molecule has 0 saturated carbocycles. The van der Waals surface area contributed by atoms with E-state index in [1.165, 1.54) is 0 Å². The van der Waals surface area contributed by atoms with E-state index in [0.717, 1.165) is 11.1 Å². The van der Waals surface area contributed by atoms with Crippen molar-refractivity contribution in [2.45, 2.75) is 12.6 Å². The van der Waals surface area contributed by atoms with Gasteiger partial charge in [0.05, 0.1) is 31.7 Å². The summed E-state index contributed by atoms with van der Waals surface area (Å²) >= 11 is 0. The number of aromatic nitrogens is 6. The molecule has 4 aromatic rings. The van der Waals surface area contributed by atoms with Crippen molar-refractivity contribution in [3.63, 3.8) is 0 Å². The Balaban J connectivity index is 1.25. The molecule has 142 valence electrons. The normalized spacial score (nSPS) is 14.4. The molecule has 1 aliphatic rings. The Morgan fingerprint density at radius 3 is 2.89 bits per heavy atom. The fourth-order valence-corrected chi connectivity index (χ4v) is 3.28. The van der Waals surface area contributed by atoms with Gasteiger partial charge in [0.1, 0.15) is 12.2 Å². The number of methoxy groups -OCH3 is 1. The van der Waals surface area contributed by atoms with Gasteiger partial charge in [0, 0.05) is 18.5 Å². The lowest BCUT2D eigenvalue weighted by molar-refractivity contribution is 0.0469. The Morgan fingerprint density at radius 1 is 1.29 bits per heavy atom. The van der Waals surface area contributed by atoms with Crippen molar-refractivity contribution in [3.05, 3.63) is 54.3 Å². The number of hydrogen-bond donors (Lipinski definition) is 0. The Bertz CT molecular complexity index is 1130. The van der Waals surface area contributed by atoms with Gasteiger partial charge in [-0.2, -0.15) is 15.0 Å². The molecule has 28 heavy (non-hydrogen) atoms. The van der Waals surface area contributed by atoms with Crippen LogP contribution in [0, 0.1) is 0 Å². The number of nitrogens with zero attached hydrogens (tertiary/aromatic N) is 7. The lowest BCUT2D eigenvalue weighted by Gasteiger charge is -2.38. The van der Waals surface area contributed by atoms with E-state index in [2.05, 4.69) is 20.5 Å². The quantitative estimate of drug-likeness (QED) is 0.516. The molecule has 10 heteroatoms. The van der Waals surface area contributed by atoms with Crippen molar-refractivity contribution in [2.24, 2.45) is 0 Å². The van der Waals surface area contributed by atoms with Crippen LogP contribution in [0.1, 0.15) is 22.3 Å². The molecule has 3 aromatic heterocycles. The highest BCUT2D eigenvalue weighted by Crippen LogP contribution is 2.30. The molecule has 1 aromatic carbocycles. The summed E-state index contributed by atoms with van der Waals surface area (Å²) in [6.07, 6.45) is 5.10. The zero-order valence-corrected chi connectivity index (χ0v) is 15.1. The van der Waals surface area contributed by atoms with Gasteiger partial charge in [-0.3, -0.25) is 4.79 Å². The van der Waals surface area contributed by atoms with Gasteiger partial charge in [-0.1, -0.05) is 17.3 Å². The zero-order valence-electron chi connectivity index (χ0n) is 15.1. The topological polar surface area (TPSA) is 104 Å². The summed E-state index contributed by atoms with van der Waals surface area (Å²) in [5.41, 5.74) is 1.35. The summed E-state index contributed by atoms with van der Waals surface area (Å²) in [4.78, 5) is 16.0. The third kappa shape index (κ3) is 2.79. The highest BCUT2D eigenvalue weighted by Gasteiger charge is 2.34. The van der Waals surface area contributed by atoms with Crippen LogP contribution in [0.2, 0.25) is 0 Å². The Hall–Kier alpha value is -3.69. The van der Waals surface area contributed by atoms with Crippen LogP contribution in [-0.4, -0.2) is 61.0 Å². The first-order valence-corrected chi connectivity index (χ1v) is 8.82. The van der Waals surface area contributed by atoms with Crippen molar-refractivity contribution in [3.8, 4) is 5.75 Å². The number of furan rings is 1. The van der Waals surface area contributed by atoms with E-state index in [9.17, 15) is 4.79 Å². The standard InChI is InChI=1S/C18H17N7O3/c1-27-15-4-2-3-12-7-16(28-17(12)15)18(26)23-10-14(11-23)24-8-13(21-22-24)9-25-19-5-6-20-25/h2-8,14H,9-11H2,1H3. The fourth-order valence-electron chi connectivity index (χ4n) is 3.28. The summed E-state index contributed by atoms with van der Waals surface area (Å²) in [7, 11) is 1.58. The number of fused-ring (bicyclic) bond motifs is 1. The summed E-state index contributed by atoms with van der Waals surface area (Å²) in [6, 6.07) is 7.40. The van der Waals surface area contributed by atoms with E-state index >= 15 is 0 Å². The molecule has 1 aliphatic heterocycles. The second-order valence-electron chi connectivity index (χ2n) is 6.60. The van der Waals surface area contributed by atoms with Gasteiger partial charge in [0.2, 0.25) is 0 Å². The first kappa shape index (κ1) is 16.5. The average Bonchev–Trinajstić information content (AvgIpc) is 3.40. The highest BCUT2D eigenvalue weighted by atomic mass is 16.5. The van der Waals surface area contributed by atoms with Crippen LogP contribution in [0.5, 0.6) is 5.75 Å². The number of ether oxygens (including phenoxy) is 1. The number of carbonyl (C=O) groups is 1. The molecule has 0 unspecified atom stereocenters. The lowest BCUT2D eigenvalue weighted by Crippen LogP contribution is -2.50. The van der Waals surface area contributed by atoms with Crippen LogP contribution in [0.15, 0.2) is 47.3 Å². The van der Waals surface area contributed by atoms with E-state index in [1.54, 1.807) is 46.0 Å². The third-order valence-corrected chi connectivity index (χ3v) is 4.79. The first-order chi connectivity index (χ1) is 13.7. The minimum Gasteiger partial charge on any atom is -0.493 e. The molecule has 5 rings (SSSR count). The van der Waals surface area contributed by atoms with Gasteiger partial charge in [-0.25, -0.2) is 4.68 Å². The fraction of sp³-hybridized carbons (Fsp3) is 0.278. The van der Waals surface area contributed by atoms with E-state index in [-0.39, 0.29) is 11.9 Å². The van der Waals surface area contributed by atoms with E-state index in [1.807, 2.05) is 18.3 Å². The molecule has 0 N–H and O–H groups in total. The second kappa shape index (κ2) is 6.48. The number of amides is 1. The van der Waals surface area contributed by atoms with Crippen molar-refractivity contribution in [1.29, 1.82) is 0 Å². The molecule has 0 bridgehead atoms. The predicted octanol–water partition coefficient (Wildman–Crippen LogP) is 1.37. The predicted molar refractivity (Wildman–Crippen MR) is 96.9 cm³/mol. The molecule has 0 atom stereocenters. The van der Waals surface area contributed by atoms with Crippen molar-refractivity contribution >= 4 is 16.9 Å². The van der Waals surface area contributed by atoms with Crippen LogP contribution in [0.3, 0.4) is 0 Å². The molecule has 1 saturated heterocycles. The van der Waals surface area contributed by atoms with E-state index in [0.29, 0.717) is 36.7 Å². The maximum Gasteiger partial charge on any atom is 0.289 e. The van der Waals surface area contributed by atoms with E-state index in [4.69, 9.17) is 9.15 Å². The van der Waals surface area contributed by atoms with Crippen molar-refractivity contribution in [2.75, 3.05) is 20.2 Å². The van der Waals surface area contributed by atoms with Crippen molar-refractivity contribution < 1.29 is 13.9 Å². The van der Waals surface area contributed by atoms with Gasteiger partial charge in [-0.05, 0) is 12.1 Å². The van der Waals surface area contributed by atoms with Crippen LogP contribution in [0.4, 0.5) is 0 Å². The number of rotatable bonds is 5. The van der Waals surface area contributed by atoms with Gasteiger partial charge in [-0.15, -0.1) is 5.10 Å². The summed E-state index contributed by atoms with van der Waals surface area (Å²) in [5, 5.41) is 17.3. The number of hydrogen-bond acceptors (Lipinski definition) is 7. The van der Waals surface area contributed by atoms with E-state index < -0.39 is 0 Å².